The molecule has 3 nitrogen and oxygen atoms in total. The predicted octanol–water partition coefficient (Wildman–Crippen LogP) is 0.470. The zero-order chi connectivity index (χ0) is 6.15. The van der Waals surface area contributed by atoms with Crippen LogP contribution in [0.3, 0.4) is 0 Å². The molecule has 1 heterocycles. The van der Waals surface area contributed by atoms with Crippen LogP contribution in [0.4, 0.5) is 0 Å². The van der Waals surface area contributed by atoms with Gasteiger partial charge in [-0.1, -0.05) is 4.68 Å². The smallest absolute Gasteiger partial charge is 0.369 e. The Morgan fingerprint density at radius 2 is 2.38 bits per heavy atom. The van der Waals surface area contributed by atoms with Gasteiger partial charge in [0, 0.05) is 0 Å². The molecule has 0 aliphatic carbocycles. The van der Waals surface area contributed by atoms with Gasteiger partial charge in [0.1, 0.15) is 0 Å². The molecule has 1 N–H and O–H groups in total. The van der Waals surface area contributed by atoms with E-state index < -0.39 is 0 Å². The standard InChI is InChI=1S/C4H6N2OS/c1-3-6(2)5-4(8)7-3/h1-2H3/p+1. The van der Waals surface area contributed by atoms with Crippen LogP contribution in [0.2, 0.25) is 0 Å². The van der Waals surface area contributed by atoms with Crippen molar-refractivity contribution in [2.45, 2.75) is 6.92 Å². The molecule has 1 rings (SSSR count). The fourth-order valence-corrected chi connectivity index (χ4v) is 0.699. The Morgan fingerprint density at radius 1 is 1.75 bits per heavy atom. The van der Waals surface area contributed by atoms with E-state index in [1.807, 2.05) is 14.0 Å². The minimum Gasteiger partial charge on any atom is -0.375 e. The summed E-state index contributed by atoms with van der Waals surface area (Å²) in [6, 6.07) is 0. The molecule has 0 saturated carbocycles. The van der Waals surface area contributed by atoms with Gasteiger partial charge in [-0.15, -0.1) is 5.10 Å². The molecule has 0 bridgehead atoms. The third-order valence-corrected chi connectivity index (χ3v) is 1.15. The van der Waals surface area contributed by atoms with Crippen LogP contribution >= 0.6 is 12.2 Å². The maximum atomic E-state index is 4.94. The zero-order valence-electron chi connectivity index (χ0n) is 4.76. The van der Waals surface area contributed by atoms with Crippen LogP contribution in [0.5, 0.6) is 0 Å². The number of rotatable bonds is 0. The summed E-state index contributed by atoms with van der Waals surface area (Å²) in [7, 11) is 1.84. The Kier molecular flexibility index (Phi) is 1.17. The molecular formula is C4H7N2OS+. The van der Waals surface area contributed by atoms with Crippen molar-refractivity contribution in [3.05, 3.63) is 10.7 Å². The number of aromatic nitrogens is 2. The third-order valence-electron chi connectivity index (χ3n) is 0.972. The molecule has 44 valence electrons. The van der Waals surface area contributed by atoms with Crippen LogP contribution in [0.15, 0.2) is 4.42 Å². The summed E-state index contributed by atoms with van der Waals surface area (Å²) in [5.41, 5.74) is 0. The van der Waals surface area contributed by atoms with E-state index in [1.165, 1.54) is 0 Å². The van der Waals surface area contributed by atoms with Gasteiger partial charge in [0.15, 0.2) is 7.05 Å². The van der Waals surface area contributed by atoms with Gasteiger partial charge < -0.3 is 4.42 Å². The van der Waals surface area contributed by atoms with Crippen molar-refractivity contribution in [1.29, 1.82) is 0 Å². The second-order valence-electron chi connectivity index (χ2n) is 1.58. The molecule has 0 aromatic carbocycles. The Bertz CT molecular complexity index is 214. The molecule has 0 unspecified atom stereocenters. The fourth-order valence-electron chi connectivity index (χ4n) is 0.441. The van der Waals surface area contributed by atoms with Crippen LogP contribution in [0, 0.1) is 11.8 Å². The minimum absolute atomic E-state index is 0.421. The number of nitrogens with one attached hydrogen (secondary N) is 1. The largest absolute Gasteiger partial charge is 0.375 e. The molecular weight excluding hydrogens is 124 g/mol. The maximum Gasteiger partial charge on any atom is 0.369 e. The summed E-state index contributed by atoms with van der Waals surface area (Å²) in [6.07, 6.45) is 0. The highest BCUT2D eigenvalue weighted by molar-refractivity contribution is 7.71. The lowest BCUT2D eigenvalue weighted by atomic mass is 10.8. The van der Waals surface area contributed by atoms with Gasteiger partial charge in [0.05, 0.1) is 6.92 Å². The molecule has 4 heteroatoms. The molecule has 0 spiro atoms. The first kappa shape index (κ1) is 5.50. The van der Waals surface area contributed by atoms with Crippen molar-refractivity contribution in [2.75, 3.05) is 0 Å². The van der Waals surface area contributed by atoms with Crippen LogP contribution in [0.1, 0.15) is 5.89 Å². The summed E-state index contributed by atoms with van der Waals surface area (Å²) < 4.78 is 6.66. The predicted molar refractivity (Wildman–Crippen MR) is 29.8 cm³/mol. The second kappa shape index (κ2) is 1.70. The van der Waals surface area contributed by atoms with Crippen molar-refractivity contribution in [2.24, 2.45) is 7.05 Å². The summed E-state index contributed by atoms with van der Waals surface area (Å²) >= 11 is 4.68. The molecule has 8 heavy (non-hydrogen) atoms. The summed E-state index contributed by atoms with van der Waals surface area (Å²) in [6.45, 7) is 1.84. The molecule has 1 aromatic heterocycles. The Labute approximate surface area is 51.9 Å². The van der Waals surface area contributed by atoms with Gasteiger partial charge in [0.2, 0.25) is 0 Å². The minimum atomic E-state index is 0.421. The SMILES string of the molecule is Cc1oc(=S)[nH][n+]1C. The number of aryl methyl sites for hydroxylation is 2. The van der Waals surface area contributed by atoms with Gasteiger partial charge in [-0.25, -0.2) is 0 Å². The summed E-state index contributed by atoms with van der Waals surface area (Å²) in [4.78, 5) is 0.421. The van der Waals surface area contributed by atoms with Gasteiger partial charge in [-0.3, -0.25) is 0 Å². The highest BCUT2D eigenvalue weighted by atomic mass is 32.1. The van der Waals surface area contributed by atoms with Crippen LogP contribution in [0.25, 0.3) is 0 Å². The first-order valence-corrected chi connectivity index (χ1v) is 2.67. The van der Waals surface area contributed by atoms with Crippen molar-refractivity contribution in [3.63, 3.8) is 0 Å². The molecule has 0 atom stereocenters. The van der Waals surface area contributed by atoms with E-state index in [9.17, 15) is 0 Å². The van der Waals surface area contributed by atoms with E-state index in [4.69, 9.17) is 4.42 Å². The van der Waals surface area contributed by atoms with E-state index in [0.29, 0.717) is 4.84 Å². The first-order valence-electron chi connectivity index (χ1n) is 2.26. The third kappa shape index (κ3) is 0.790. The normalized spacial score (nSPS) is 9.75. The lowest BCUT2D eigenvalue weighted by Gasteiger charge is -1.70. The van der Waals surface area contributed by atoms with Gasteiger partial charge >= 0.3 is 10.7 Å². The van der Waals surface area contributed by atoms with Gasteiger partial charge in [-0.2, -0.15) is 0 Å². The lowest BCUT2D eigenvalue weighted by molar-refractivity contribution is -0.737. The monoisotopic (exact) mass is 131 g/mol. The first-order chi connectivity index (χ1) is 3.70. The number of hydrogen-bond acceptors (Lipinski definition) is 2. The maximum absolute atomic E-state index is 4.94. The molecule has 0 aliphatic rings. The average molecular weight is 131 g/mol. The van der Waals surface area contributed by atoms with Crippen molar-refractivity contribution < 1.29 is 9.10 Å². The second-order valence-corrected chi connectivity index (χ2v) is 1.95. The fraction of sp³-hybridized carbons (Fsp3) is 0.500. The highest BCUT2D eigenvalue weighted by Gasteiger charge is 2.01. The van der Waals surface area contributed by atoms with Crippen molar-refractivity contribution in [3.8, 4) is 0 Å². The van der Waals surface area contributed by atoms with E-state index >= 15 is 0 Å². The van der Waals surface area contributed by atoms with E-state index in [2.05, 4.69) is 17.3 Å². The van der Waals surface area contributed by atoms with Gasteiger partial charge in [0.25, 0.3) is 0 Å². The van der Waals surface area contributed by atoms with E-state index in [0.717, 1.165) is 5.89 Å². The molecule has 0 amide bonds. The van der Waals surface area contributed by atoms with Crippen molar-refractivity contribution >= 4 is 12.2 Å². The van der Waals surface area contributed by atoms with Crippen LogP contribution < -0.4 is 4.68 Å². The molecule has 0 saturated heterocycles. The van der Waals surface area contributed by atoms with Crippen molar-refractivity contribution in [1.82, 2.24) is 5.10 Å². The molecule has 0 radical (unpaired) electrons. The van der Waals surface area contributed by atoms with E-state index in [-0.39, 0.29) is 0 Å². The number of aromatic amines is 1. The summed E-state index contributed by atoms with van der Waals surface area (Å²) in [5, 5.41) is 2.77. The highest BCUT2D eigenvalue weighted by Crippen LogP contribution is 1.85. The number of nitrogens with zero attached hydrogens (tertiary/aromatic N) is 1. The van der Waals surface area contributed by atoms with Crippen LogP contribution in [-0.4, -0.2) is 5.10 Å². The zero-order valence-corrected chi connectivity index (χ0v) is 5.58. The summed E-state index contributed by atoms with van der Waals surface area (Å²) in [5.74, 6) is 0.787. The van der Waals surface area contributed by atoms with Crippen LogP contribution in [-0.2, 0) is 7.05 Å². The molecule has 0 aliphatic heterocycles. The Hall–Kier alpha value is -0.640. The number of H-pyrrole nitrogens is 1. The van der Waals surface area contributed by atoms with Gasteiger partial charge in [-0.05, 0) is 12.2 Å². The average Bonchev–Trinajstić information content (AvgIpc) is 1.85. The molecule has 0 fully saturated rings. The number of hydrogen-bond donors (Lipinski definition) is 1. The lowest BCUT2D eigenvalue weighted by Crippen LogP contribution is -2.32. The Morgan fingerprint density at radius 3 is 2.50 bits per heavy atom. The van der Waals surface area contributed by atoms with E-state index in [1.54, 1.807) is 4.68 Å². The molecule has 1 aromatic rings. The quantitative estimate of drug-likeness (QED) is 0.410. The Balaban J connectivity index is 3.35. The topological polar surface area (TPSA) is 32.8 Å².